The van der Waals surface area contributed by atoms with Crippen LogP contribution in [0.5, 0.6) is 0 Å². The molecule has 1 rings (SSSR count). The molecule has 0 saturated heterocycles. The van der Waals surface area contributed by atoms with Gasteiger partial charge in [-0.2, -0.15) is 0 Å². The van der Waals surface area contributed by atoms with E-state index < -0.39 is 10.8 Å². The van der Waals surface area contributed by atoms with Crippen molar-refractivity contribution in [2.45, 2.75) is 44.4 Å². The van der Waals surface area contributed by atoms with Crippen molar-refractivity contribution >= 4 is 10.8 Å². The van der Waals surface area contributed by atoms with Crippen molar-refractivity contribution < 1.29 is 4.21 Å². The number of hydrogen-bond donors (Lipinski definition) is 1. The van der Waals surface area contributed by atoms with Crippen molar-refractivity contribution in [3.05, 3.63) is 0 Å². The molecule has 1 aliphatic carbocycles. The third-order valence-electron chi connectivity index (χ3n) is 3.10. The first kappa shape index (κ1) is 11.2. The van der Waals surface area contributed by atoms with Crippen LogP contribution < -0.4 is 5.32 Å². The van der Waals surface area contributed by atoms with Gasteiger partial charge in [0.2, 0.25) is 0 Å². The molecule has 78 valence electrons. The number of nitrogens with one attached hydrogen (secondary N) is 1. The highest BCUT2D eigenvalue weighted by molar-refractivity contribution is 7.85. The molecule has 4 unspecified atom stereocenters. The van der Waals surface area contributed by atoms with E-state index in [-0.39, 0.29) is 0 Å². The second-order valence-corrected chi connectivity index (χ2v) is 5.73. The molecule has 0 aromatic carbocycles. The Bertz CT molecular complexity index is 184. The average Bonchev–Trinajstić information content (AvgIpc) is 2.47. The molecule has 1 aliphatic rings. The normalized spacial score (nSPS) is 36.4. The van der Waals surface area contributed by atoms with E-state index in [0.29, 0.717) is 17.2 Å². The first-order valence-electron chi connectivity index (χ1n) is 5.25. The Kier molecular flexibility index (Phi) is 4.39. The van der Waals surface area contributed by atoms with Gasteiger partial charge in [0, 0.05) is 27.8 Å². The Morgan fingerprint density at radius 3 is 2.62 bits per heavy atom. The van der Waals surface area contributed by atoms with Gasteiger partial charge in [0.25, 0.3) is 0 Å². The van der Waals surface area contributed by atoms with Crippen LogP contribution in [-0.4, -0.2) is 28.3 Å². The third-order valence-corrected chi connectivity index (χ3v) is 5.25. The minimum absolute atomic E-state index is 0.442. The van der Waals surface area contributed by atoms with Crippen LogP contribution in [0.1, 0.15) is 33.1 Å². The van der Waals surface area contributed by atoms with Crippen LogP contribution in [0.3, 0.4) is 0 Å². The highest BCUT2D eigenvalue weighted by Crippen LogP contribution is 2.29. The van der Waals surface area contributed by atoms with Crippen LogP contribution in [0.4, 0.5) is 0 Å². The Labute approximate surface area is 83.9 Å². The molecule has 0 aromatic rings. The van der Waals surface area contributed by atoms with Crippen molar-refractivity contribution in [1.82, 2.24) is 5.32 Å². The molecule has 0 aromatic heterocycles. The van der Waals surface area contributed by atoms with Crippen molar-refractivity contribution in [2.75, 3.05) is 12.8 Å². The van der Waals surface area contributed by atoms with Gasteiger partial charge >= 0.3 is 0 Å². The van der Waals surface area contributed by atoms with Gasteiger partial charge in [-0.15, -0.1) is 0 Å². The summed E-state index contributed by atoms with van der Waals surface area (Å²) in [5, 5.41) is 3.75. The van der Waals surface area contributed by atoms with Gasteiger partial charge in [-0.25, -0.2) is 0 Å². The largest absolute Gasteiger partial charge is 0.317 e. The SMILES string of the molecule is CCCS(=O)C1CCC(NC)C1C. The van der Waals surface area contributed by atoms with Crippen molar-refractivity contribution in [1.29, 1.82) is 0 Å². The van der Waals surface area contributed by atoms with Gasteiger partial charge in [-0.3, -0.25) is 4.21 Å². The Morgan fingerprint density at radius 1 is 1.46 bits per heavy atom. The number of rotatable bonds is 4. The molecule has 1 N–H and O–H groups in total. The average molecular weight is 203 g/mol. The minimum atomic E-state index is -0.588. The van der Waals surface area contributed by atoms with Crippen LogP contribution in [-0.2, 0) is 10.8 Å². The monoisotopic (exact) mass is 203 g/mol. The van der Waals surface area contributed by atoms with Crippen LogP contribution in [0.2, 0.25) is 0 Å². The Morgan fingerprint density at radius 2 is 2.15 bits per heavy atom. The molecule has 1 fully saturated rings. The summed E-state index contributed by atoms with van der Waals surface area (Å²) in [5.74, 6) is 1.46. The topological polar surface area (TPSA) is 29.1 Å². The fourth-order valence-electron chi connectivity index (χ4n) is 2.26. The van der Waals surface area contributed by atoms with E-state index in [9.17, 15) is 4.21 Å². The quantitative estimate of drug-likeness (QED) is 0.751. The van der Waals surface area contributed by atoms with Crippen LogP contribution in [0.15, 0.2) is 0 Å². The van der Waals surface area contributed by atoms with E-state index in [0.717, 1.165) is 18.6 Å². The molecule has 0 radical (unpaired) electrons. The molecule has 13 heavy (non-hydrogen) atoms. The maximum Gasteiger partial charge on any atom is 0.0388 e. The summed E-state index contributed by atoms with van der Waals surface area (Å²) in [6.07, 6.45) is 3.37. The number of hydrogen-bond acceptors (Lipinski definition) is 2. The third kappa shape index (κ3) is 2.53. The smallest absolute Gasteiger partial charge is 0.0388 e. The first-order valence-corrected chi connectivity index (χ1v) is 6.63. The van der Waals surface area contributed by atoms with E-state index in [1.165, 1.54) is 6.42 Å². The summed E-state index contributed by atoms with van der Waals surface area (Å²) in [5.41, 5.74) is 0. The summed E-state index contributed by atoms with van der Waals surface area (Å²) in [6, 6.07) is 0.589. The molecule has 0 spiro atoms. The van der Waals surface area contributed by atoms with Gasteiger partial charge < -0.3 is 5.32 Å². The molecule has 4 atom stereocenters. The second kappa shape index (κ2) is 5.11. The standard InChI is InChI=1S/C10H21NOS/c1-4-7-13(12)10-6-5-9(11-3)8(10)2/h8-11H,4-7H2,1-3H3. The van der Waals surface area contributed by atoms with Crippen LogP contribution in [0, 0.1) is 5.92 Å². The molecule has 2 nitrogen and oxygen atoms in total. The zero-order valence-corrected chi connectivity index (χ0v) is 9.69. The molecule has 0 amide bonds. The van der Waals surface area contributed by atoms with Gasteiger partial charge in [0.1, 0.15) is 0 Å². The minimum Gasteiger partial charge on any atom is -0.317 e. The summed E-state index contributed by atoms with van der Waals surface area (Å²) in [4.78, 5) is 0. The van der Waals surface area contributed by atoms with Crippen molar-refractivity contribution in [3.63, 3.8) is 0 Å². The van der Waals surface area contributed by atoms with E-state index in [2.05, 4.69) is 19.2 Å². The Hall–Kier alpha value is 0.110. The van der Waals surface area contributed by atoms with E-state index >= 15 is 0 Å². The van der Waals surface area contributed by atoms with Crippen molar-refractivity contribution in [3.8, 4) is 0 Å². The maximum absolute atomic E-state index is 11.8. The lowest BCUT2D eigenvalue weighted by Gasteiger charge is -2.19. The van der Waals surface area contributed by atoms with Crippen molar-refractivity contribution in [2.24, 2.45) is 5.92 Å². The zero-order valence-electron chi connectivity index (χ0n) is 8.88. The molecule has 0 aliphatic heterocycles. The molecule has 1 saturated carbocycles. The molecule has 0 heterocycles. The lowest BCUT2D eigenvalue weighted by molar-refractivity contribution is 0.460. The van der Waals surface area contributed by atoms with Crippen LogP contribution >= 0.6 is 0 Å². The van der Waals surface area contributed by atoms with Gasteiger partial charge in [-0.1, -0.05) is 13.8 Å². The molecule has 0 bridgehead atoms. The highest BCUT2D eigenvalue weighted by atomic mass is 32.2. The van der Waals surface area contributed by atoms with E-state index in [1.807, 2.05) is 7.05 Å². The predicted octanol–water partition coefficient (Wildman–Crippen LogP) is 1.53. The second-order valence-electron chi connectivity index (χ2n) is 3.95. The first-order chi connectivity index (χ1) is 6.20. The van der Waals surface area contributed by atoms with E-state index in [4.69, 9.17) is 0 Å². The van der Waals surface area contributed by atoms with Crippen LogP contribution in [0.25, 0.3) is 0 Å². The molecular formula is C10H21NOS. The zero-order chi connectivity index (χ0) is 9.84. The molecular weight excluding hydrogens is 182 g/mol. The summed E-state index contributed by atoms with van der Waals surface area (Å²) >= 11 is 0. The van der Waals surface area contributed by atoms with Gasteiger partial charge in [0.15, 0.2) is 0 Å². The highest BCUT2D eigenvalue weighted by Gasteiger charge is 2.34. The predicted molar refractivity (Wildman–Crippen MR) is 58.3 cm³/mol. The lowest BCUT2D eigenvalue weighted by atomic mass is 10.1. The summed E-state index contributed by atoms with van der Waals surface area (Å²) in [7, 11) is 1.42. The molecule has 3 heteroatoms. The maximum atomic E-state index is 11.8. The lowest BCUT2D eigenvalue weighted by Crippen LogP contribution is -2.33. The summed E-state index contributed by atoms with van der Waals surface area (Å²) < 4.78 is 11.8. The van der Waals surface area contributed by atoms with Gasteiger partial charge in [0.05, 0.1) is 0 Å². The summed E-state index contributed by atoms with van der Waals surface area (Å²) in [6.45, 7) is 4.33. The fourth-order valence-corrected chi connectivity index (χ4v) is 4.03. The van der Waals surface area contributed by atoms with Gasteiger partial charge in [-0.05, 0) is 32.2 Å². The van der Waals surface area contributed by atoms with E-state index in [1.54, 1.807) is 0 Å². The fraction of sp³-hybridized carbons (Fsp3) is 1.00. The Balaban J connectivity index is 2.48.